The van der Waals surface area contributed by atoms with Crippen molar-refractivity contribution < 1.29 is 4.74 Å². The first-order valence-corrected chi connectivity index (χ1v) is 6.38. The fourth-order valence-electron chi connectivity index (χ4n) is 2.21. The third-order valence-electron chi connectivity index (χ3n) is 3.20. The van der Waals surface area contributed by atoms with Crippen molar-refractivity contribution in [2.75, 3.05) is 14.2 Å². The zero-order valence-corrected chi connectivity index (χ0v) is 11.6. The Morgan fingerprint density at radius 3 is 2.95 bits per heavy atom. The number of hydrogen-bond donors (Lipinski definition) is 1. The highest BCUT2D eigenvalue weighted by atomic mass is 16.5. The summed E-state index contributed by atoms with van der Waals surface area (Å²) in [5.74, 6) is 0.688. The van der Waals surface area contributed by atoms with Crippen molar-refractivity contribution >= 4 is 0 Å². The molecule has 0 fully saturated rings. The van der Waals surface area contributed by atoms with Gasteiger partial charge in [-0.2, -0.15) is 5.10 Å². The van der Waals surface area contributed by atoms with Gasteiger partial charge in [0.2, 0.25) is 5.88 Å². The number of methoxy groups -OCH3 is 1. The highest BCUT2D eigenvalue weighted by Crippen LogP contribution is 2.25. The van der Waals surface area contributed by atoms with E-state index in [1.165, 1.54) is 5.56 Å². The monoisotopic (exact) mass is 260 g/mol. The van der Waals surface area contributed by atoms with E-state index in [0.717, 1.165) is 18.4 Å². The maximum atomic E-state index is 5.32. The highest BCUT2D eigenvalue weighted by Gasteiger charge is 2.15. The number of aromatic nitrogens is 3. The van der Waals surface area contributed by atoms with Crippen molar-refractivity contribution in [3.8, 4) is 5.88 Å². The van der Waals surface area contributed by atoms with Crippen LogP contribution in [0.3, 0.4) is 0 Å². The summed E-state index contributed by atoms with van der Waals surface area (Å²) in [6.07, 6.45) is 7.65. The molecule has 0 aliphatic rings. The standard InChI is InChI=1S/C14H20N4O/c1-15-13(7-6-11-9-17-18(2)10-11)12-5-4-8-16-14(12)19-3/h4-5,8-10,13,15H,6-7H2,1-3H3. The molecule has 0 amide bonds. The van der Waals surface area contributed by atoms with Crippen LogP contribution in [0, 0.1) is 0 Å². The van der Waals surface area contributed by atoms with Gasteiger partial charge in [-0.3, -0.25) is 4.68 Å². The molecule has 0 spiro atoms. The van der Waals surface area contributed by atoms with Crippen LogP contribution in [0.15, 0.2) is 30.7 Å². The Balaban J connectivity index is 2.07. The summed E-state index contributed by atoms with van der Waals surface area (Å²) in [4.78, 5) is 4.25. The second-order valence-corrected chi connectivity index (χ2v) is 4.50. The van der Waals surface area contributed by atoms with Crippen molar-refractivity contribution in [3.63, 3.8) is 0 Å². The minimum atomic E-state index is 0.226. The van der Waals surface area contributed by atoms with Gasteiger partial charge in [-0.15, -0.1) is 0 Å². The van der Waals surface area contributed by atoms with E-state index < -0.39 is 0 Å². The Bertz CT molecular complexity index is 524. The van der Waals surface area contributed by atoms with Crippen LogP contribution in [0.2, 0.25) is 0 Å². The van der Waals surface area contributed by atoms with E-state index in [9.17, 15) is 0 Å². The smallest absolute Gasteiger partial charge is 0.217 e. The Morgan fingerprint density at radius 1 is 1.47 bits per heavy atom. The van der Waals surface area contributed by atoms with Crippen molar-refractivity contribution in [1.29, 1.82) is 0 Å². The Hall–Kier alpha value is -1.88. The van der Waals surface area contributed by atoms with E-state index in [2.05, 4.69) is 21.5 Å². The topological polar surface area (TPSA) is 52.0 Å². The predicted octanol–water partition coefficient (Wildman–Crippen LogP) is 1.72. The van der Waals surface area contributed by atoms with Crippen LogP contribution in [-0.4, -0.2) is 28.9 Å². The van der Waals surface area contributed by atoms with E-state index in [4.69, 9.17) is 4.74 Å². The van der Waals surface area contributed by atoms with Gasteiger partial charge in [-0.25, -0.2) is 4.98 Å². The lowest BCUT2D eigenvalue weighted by Gasteiger charge is -2.18. The average molecular weight is 260 g/mol. The highest BCUT2D eigenvalue weighted by molar-refractivity contribution is 5.29. The van der Waals surface area contributed by atoms with Gasteiger partial charge in [0.1, 0.15) is 0 Å². The molecule has 2 aromatic heterocycles. The number of nitrogens with zero attached hydrogens (tertiary/aromatic N) is 3. The SMILES string of the molecule is CNC(CCc1cnn(C)c1)c1cccnc1OC. The van der Waals surface area contributed by atoms with Crippen LogP contribution in [-0.2, 0) is 13.5 Å². The van der Waals surface area contributed by atoms with Gasteiger partial charge in [-0.05, 0) is 31.5 Å². The normalized spacial score (nSPS) is 12.4. The third kappa shape index (κ3) is 3.32. The van der Waals surface area contributed by atoms with E-state index in [1.807, 2.05) is 37.2 Å². The van der Waals surface area contributed by atoms with Crippen molar-refractivity contribution in [1.82, 2.24) is 20.1 Å². The molecular formula is C14H20N4O. The van der Waals surface area contributed by atoms with Gasteiger partial charge in [0.05, 0.1) is 13.3 Å². The van der Waals surface area contributed by atoms with Gasteiger partial charge in [0, 0.05) is 31.0 Å². The first-order chi connectivity index (χ1) is 9.24. The zero-order valence-electron chi connectivity index (χ0n) is 11.6. The Labute approximate surface area is 113 Å². The number of hydrogen-bond acceptors (Lipinski definition) is 4. The first kappa shape index (κ1) is 13.5. The van der Waals surface area contributed by atoms with Crippen LogP contribution in [0.25, 0.3) is 0 Å². The van der Waals surface area contributed by atoms with E-state index >= 15 is 0 Å². The van der Waals surface area contributed by atoms with Crippen molar-refractivity contribution in [2.45, 2.75) is 18.9 Å². The van der Waals surface area contributed by atoms with E-state index in [0.29, 0.717) is 5.88 Å². The summed E-state index contributed by atoms with van der Waals surface area (Å²) in [5, 5.41) is 7.51. The predicted molar refractivity (Wildman–Crippen MR) is 74.1 cm³/mol. The van der Waals surface area contributed by atoms with Crippen LogP contribution in [0.5, 0.6) is 5.88 Å². The van der Waals surface area contributed by atoms with Crippen molar-refractivity contribution in [3.05, 3.63) is 41.9 Å². The fraction of sp³-hybridized carbons (Fsp3) is 0.429. The van der Waals surface area contributed by atoms with Gasteiger partial charge in [0.25, 0.3) is 0 Å². The van der Waals surface area contributed by atoms with Gasteiger partial charge in [0.15, 0.2) is 0 Å². The molecule has 1 atom stereocenters. The lowest BCUT2D eigenvalue weighted by atomic mass is 10.0. The number of nitrogens with one attached hydrogen (secondary N) is 1. The molecule has 0 saturated carbocycles. The molecule has 102 valence electrons. The molecule has 0 aromatic carbocycles. The van der Waals surface area contributed by atoms with E-state index in [1.54, 1.807) is 13.3 Å². The molecule has 1 unspecified atom stereocenters. The molecule has 19 heavy (non-hydrogen) atoms. The Morgan fingerprint density at radius 2 is 2.32 bits per heavy atom. The minimum Gasteiger partial charge on any atom is -0.481 e. The average Bonchev–Trinajstić information content (AvgIpc) is 2.86. The number of aryl methyl sites for hydroxylation is 2. The summed E-state index contributed by atoms with van der Waals surface area (Å²) in [6.45, 7) is 0. The quantitative estimate of drug-likeness (QED) is 0.859. The lowest BCUT2D eigenvalue weighted by Crippen LogP contribution is -2.18. The van der Waals surface area contributed by atoms with Crippen LogP contribution in [0.4, 0.5) is 0 Å². The third-order valence-corrected chi connectivity index (χ3v) is 3.20. The summed E-state index contributed by atoms with van der Waals surface area (Å²) >= 11 is 0. The van der Waals surface area contributed by atoms with E-state index in [-0.39, 0.29) is 6.04 Å². The molecule has 1 N–H and O–H groups in total. The molecule has 0 aliphatic heterocycles. The summed E-state index contributed by atoms with van der Waals surface area (Å²) < 4.78 is 7.14. The molecule has 0 saturated heterocycles. The second-order valence-electron chi connectivity index (χ2n) is 4.50. The molecule has 2 aromatic rings. The van der Waals surface area contributed by atoms with Crippen LogP contribution < -0.4 is 10.1 Å². The maximum absolute atomic E-state index is 5.32. The van der Waals surface area contributed by atoms with Gasteiger partial charge < -0.3 is 10.1 Å². The molecule has 5 nitrogen and oxygen atoms in total. The molecule has 0 aliphatic carbocycles. The zero-order chi connectivity index (χ0) is 13.7. The van der Waals surface area contributed by atoms with Crippen LogP contribution >= 0.6 is 0 Å². The molecule has 0 bridgehead atoms. The van der Waals surface area contributed by atoms with Crippen molar-refractivity contribution in [2.24, 2.45) is 7.05 Å². The molecule has 5 heteroatoms. The molecule has 0 radical (unpaired) electrons. The first-order valence-electron chi connectivity index (χ1n) is 6.38. The number of pyridine rings is 1. The summed E-state index contributed by atoms with van der Waals surface area (Å²) in [7, 11) is 5.54. The largest absolute Gasteiger partial charge is 0.481 e. The summed E-state index contributed by atoms with van der Waals surface area (Å²) in [6, 6.07) is 4.21. The molecule has 2 rings (SSSR count). The Kier molecular flexibility index (Phi) is 4.52. The van der Waals surface area contributed by atoms with Gasteiger partial charge >= 0.3 is 0 Å². The molecule has 2 heterocycles. The van der Waals surface area contributed by atoms with Crippen LogP contribution in [0.1, 0.15) is 23.6 Å². The molecular weight excluding hydrogens is 240 g/mol. The number of rotatable bonds is 6. The number of ether oxygens (including phenoxy) is 1. The second kappa shape index (κ2) is 6.33. The lowest BCUT2D eigenvalue weighted by molar-refractivity contribution is 0.382. The summed E-state index contributed by atoms with van der Waals surface area (Å²) in [5.41, 5.74) is 2.34. The fourth-order valence-corrected chi connectivity index (χ4v) is 2.21. The maximum Gasteiger partial charge on any atom is 0.217 e. The van der Waals surface area contributed by atoms with Gasteiger partial charge in [-0.1, -0.05) is 6.07 Å². The minimum absolute atomic E-state index is 0.226.